The minimum Gasteiger partial charge on any atom is -0.348 e. The smallest absolute Gasteiger partial charge is 0.269 e. The second kappa shape index (κ2) is 9.57. The fourth-order valence-electron chi connectivity index (χ4n) is 4.44. The Bertz CT molecular complexity index is 1600. The molecule has 0 saturated carbocycles. The molecule has 0 fully saturated rings. The van der Waals surface area contributed by atoms with Crippen LogP contribution in [0.15, 0.2) is 71.7 Å². The van der Waals surface area contributed by atoms with Gasteiger partial charge in [-0.25, -0.2) is 0 Å². The van der Waals surface area contributed by atoms with Crippen LogP contribution in [0.5, 0.6) is 0 Å². The zero-order chi connectivity index (χ0) is 23.7. The molecule has 0 N–H and O–H groups in total. The molecule has 0 amide bonds. The van der Waals surface area contributed by atoms with Crippen LogP contribution < -0.4 is 24.2 Å². The van der Waals surface area contributed by atoms with Crippen LogP contribution >= 0.6 is 22.7 Å². The van der Waals surface area contributed by atoms with Crippen LogP contribution in [-0.4, -0.2) is 11.1 Å². The van der Waals surface area contributed by atoms with Crippen LogP contribution in [0, 0.1) is 0 Å². The number of aryl methyl sites for hydroxylation is 1. The van der Waals surface area contributed by atoms with Crippen LogP contribution in [-0.2, 0) is 13.1 Å². The molecule has 4 aromatic rings. The molecule has 0 radical (unpaired) electrons. The van der Waals surface area contributed by atoms with E-state index in [-0.39, 0.29) is 5.56 Å². The Balaban J connectivity index is 1.63. The first-order valence-electron chi connectivity index (χ1n) is 11.7. The van der Waals surface area contributed by atoms with Gasteiger partial charge in [0.05, 0.1) is 10.6 Å². The maximum Gasteiger partial charge on any atom is 0.269 e. The molecule has 0 aliphatic carbocycles. The van der Waals surface area contributed by atoms with Gasteiger partial charge in [0.25, 0.3) is 10.6 Å². The van der Waals surface area contributed by atoms with Gasteiger partial charge in [-0.3, -0.25) is 9.36 Å². The summed E-state index contributed by atoms with van der Waals surface area (Å²) >= 11 is 3.33. The molecule has 0 saturated heterocycles. The zero-order valence-electron chi connectivity index (χ0n) is 19.7. The topological polar surface area (TPSA) is 29.1 Å². The predicted molar refractivity (Wildman–Crippen MR) is 146 cm³/mol. The molecule has 0 spiro atoms. The van der Waals surface area contributed by atoms with E-state index in [9.17, 15) is 4.79 Å². The summed E-state index contributed by atoms with van der Waals surface area (Å²) in [5.41, 5.74) is 4.82. The first-order chi connectivity index (χ1) is 16.6. The molecule has 0 unspecified atom stereocenters. The van der Waals surface area contributed by atoms with E-state index in [1.807, 2.05) is 17.6 Å². The average Bonchev–Trinajstić information content (AvgIpc) is 3.38. The minimum absolute atomic E-state index is 0.0722. The fourth-order valence-corrected chi connectivity index (χ4v) is 6.73. The second-order valence-corrected chi connectivity index (χ2v) is 10.2. The third-order valence-electron chi connectivity index (χ3n) is 6.17. The van der Waals surface area contributed by atoms with Gasteiger partial charge < -0.3 is 4.90 Å². The number of hydrogen-bond donors (Lipinski definition) is 0. The fraction of sp³-hybridized carbons (Fsp3) is 0.214. The zero-order valence-corrected chi connectivity index (χ0v) is 21.3. The lowest BCUT2D eigenvalue weighted by molar-refractivity contribution is -0.665. The molecule has 1 aliphatic rings. The molecule has 5 rings (SSSR count). The molecule has 6 heteroatoms. The molecule has 2 aromatic heterocycles. The molecule has 34 heavy (non-hydrogen) atoms. The summed E-state index contributed by atoms with van der Waals surface area (Å²) in [6, 6.07) is 16.9. The number of rotatable bonds is 5. The molecule has 172 valence electrons. The Kier molecular flexibility index (Phi) is 6.35. The second-order valence-electron chi connectivity index (χ2n) is 8.06. The number of hydrogen-bond acceptors (Lipinski definition) is 4. The van der Waals surface area contributed by atoms with Crippen molar-refractivity contribution in [3.8, 4) is 0 Å². The van der Waals surface area contributed by atoms with Crippen molar-refractivity contribution in [2.75, 3.05) is 11.4 Å². The van der Waals surface area contributed by atoms with E-state index >= 15 is 0 Å². The Labute approximate surface area is 207 Å². The maximum absolute atomic E-state index is 13.2. The van der Waals surface area contributed by atoms with Crippen molar-refractivity contribution < 1.29 is 4.57 Å². The lowest BCUT2D eigenvalue weighted by atomic mass is 9.99. The molecule has 3 heterocycles. The van der Waals surface area contributed by atoms with E-state index < -0.39 is 0 Å². The number of anilines is 1. The van der Waals surface area contributed by atoms with E-state index in [0.29, 0.717) is 6.54 Å². The monoisotopic (exact) mass is 486 g/mol. The standard InChI is InChI=1S/C28H28N3OS2/c1-4-29-18-17-20(21-11-7-8-12-22(21)29)15-16-25-28(32)31(6-3)27(34-25)19-26-30(5-2)23-13-9-10-14-24(23)33-26/h7-19H,4-6H2,1-3H3/q+1/b20-15+,25-16+. The van der Waals surface area contributed by atoms with Crippen LogP contribution in [0.3, 0.4) is 0 Å². The lowest BCUT2D eigenvalue weighted by Crippen LogP contribution is -2.35. The SMILES string of the molecule is CCN1C=C/C(=C\C=c2\s/c(=C/c3sc4ccccc4[n+]3CC)n(CC)c2=O)c2ccccc21. The largest absolute Gasteiger partial charge is 0.348 e. The number of thiazole rings is 2. The van der Waals surface area contributed by atoms with Gasteiger partial charge in [-0.05, 0) is 50.6 Å². The third kappa shape index (κ3) is 3.97. The predicted octanol–water partition coefficient (Wildman–Crippen LogP) is 4.50. The lowest BCUT2D eigenvalue weighted by Gasteiger charge is -2.26. The van der Waals surface area contributed by atoms with Crippen molar-refractivity contribution in [2.24, 2.45) is 0 Å². The summed E-state index contributed by atoms with van der Waals surface area (Å²) in [7, 11) is 0. The van der Waals surface area contributed by atoms with Crippen LogP contribution in [0.25, 0.3) is 27.9 Å². The highest BCUT2D eigenvalue weighted by atomic mass is 32.1. The van der Waals surface area contributed by atoms with Gasteiger partial charge in [0.1, 0.15) is 15.9 Å². The summed E-state index contributed by atoms with van der Waals surface area (Å²) < 4.78 is 7.20. The van der Waals surface area contributed by atoms with Crippen molar-refractivity contribution in [2.45, 2.75) is 33.9 Å². The molecule has 4 nitrogen and oxygen atoms in total. The van der Waals surface area contributed by atoms with Crippen molar-refractivity contribution in [3.63, 3.8) is 0 Å². The molecular formula is C28H28N3OS2+. The number of allylic oxidation sites excluding steroid dienone is 3. The Morgan fingerprint density at radius 2 is 1.74 bits per heavy atom. The highest BCUT2D eigenvalue weighted by Crippen LogP contribution is 2.32. The Hall–Kier alpha value is -3.22. The van der Waals surface area contributed by atoms with Crippen molar-refractivity contribution in [3.05, 3.63) is 97.0 Å². The molecule has 2 aromatic carbocycles. The molecule has 0 atom stereocenters. The van der Waals surface area contributed by atoms with Gasteiger partial charge in [-0.15, -0.1) is 11.3 Å². The number of para-hydroxylation sites is 2. The van der Waals surface area contributed by atoms with E-state index in [4.69, 9.17) is 0 Å². The van der Waals surface area contributed by atoms with E-state index in [2.05, 4.69) is 96.3 Å². The first kappa shape index (κ1) is 22.6. The third-order valence-corrected chi connectivity index (χ3v) is 8.36. The summed E-state index contributed by atoms with van der Waals surface area (Å²) in [6.07, 6.45) is 10.5. The highest BCUT2D eigenvalue weighted by Gasteiger charge is 2.17. The number of benzene rings is 2. The summed E-state index contributed by atoms with van der Waals surface area (Å²) in [5, 5.41) is 1.17. The normalized spacial score (nSPS) is 15.6. The van der Waals surface area contributed by atoms with Gasteiger partial charge >= 0.3 is 0 Å². The van der Waals surface area contributed by atoms with Gasteiger partial charge in [0.2, 0.25) is 5.52 Å². The van der Waals surface area contributed by atoms with Crippen LogP contribution in [0.2, 0.25) is 0 Å². The maximum atomic E-state index is 13.2. The molecule has 1 aliphatic heterocycles. The summed E-state index contributed by atoms with van der Waals surface area (Å²) in [5.74, 6) is 0. The first-order valence-corrected chi connectivity index (χ1v) is 13.4. The van der Waals surface area contributed by atoms with Gasteiger partial charge in [0, 0.05) is 36.6 Å². The van der Waals surface area contributed by atoms with Crippen molar-refractivity contribution in [1.82, 2.24) is 4.57 Å². The number of nitrogens with zero attached hydrogens (tertiary/aromatic N) is 3. The van der Waals surface area contributed by atoms with E-state index in [1.54, 1.807) is 22.7 Å². The van der Waals surface area contributed by atoms with Gasteiger partial charge in [-0.1, -0.05) is 47.7 Å². The minimum atomic E-state index is 0.0722. The number of aromatic nitrogens is 2. The van der Waals surface area contributed by atoms with Crippen molar-refractivity contribution in [1.29, 1.82) is 0 Å². The van der Waals surface area contributed by atoms with Gasteiger partial charge in [-0.2, -0.15) is 4.57 Å². The highest BCUT2D eigenvalue weighted by molar-refractivity contribution is 7.19. The van der Waals surface area contributed by atoms with E-state index in [0.717, 1.165) is 27.9 Å². The Morgan fingerprint density at radius 3 is 2.53 bits per heavy atom. The number of fused-ring (bicyclic) bond motifs is 2. The van der Waals surface area contributed by atoms with E-state index in [1.165, 1.54) is 26.5 Å². The average molecular weight is 487 g/mol. The molecular weight excluding hydrogens is 458 g/mol. The summed E-state index contributed by atoms with van der Waals surface area (Å²) in [6.45, 7) is 8.81. The Morgan fingerprint density at radius 1 is 0.941 bits per heavy atom. The van der Waals surface area contributed by atoms with Crippen LogP contribution in [0.4, 0.5) is 5.69 Å². The van der Waals surface area contributed by atoms with Gasteiger partial charge in [0.15, 0.2) is 0 Å². The van der Waals surface area contributed by atoms with Crippen LogP contribution in [0.1, 0.15) is 31.3 Å². The summed E-state index contributed by atoms with van der Waals surface area (Å²) in [4.78, 5) is 15.5. The molecule has 0 bridgehead atoms. The van der Waals surface area contributed by atoms with Crippen molar-refractivity contribution >= 4 is 56.3 Å². The quantitative estimate of drug-likeness (QED) is 0.389.